The summed E-state index contributed by atoms with van der Waals surface area (Å²) in [6.07, 6.45) is 3.58. The Morgan fingerprint density at radius 2 is 1.87 bits per heavy atom. The highest BCUT2D eigenvalue weighted by Gasteiger charge is 2.32. The van der Waals surface area contributed by atoms with Gasteiger partial charge in [0.25, 0.3) is 0 Å². The number of oxime groups is 1. The molecule has 1 aliphatic carbocycles. The number of rotatable bonds is 0. The van der Waals surface area contributed by atoms with Crippen molar-refractivity contribution in [2.45, 2.75) is 32.3 Å². The van der Waals surface area contributed by atoms with Crippen LogP contribution in [0.25, 0.3) is 0 Å². The number of fused-ring (bicyclic) bond motifs is 2. The van der Waals surface area contributed by atoms with E-state index in [2.05, 4.69) is 36.3 Å². The maximum Gasteiger partial charge on any atom is 0.135 e. The van der Waals surface area contributed by atoms with Crippen LogP contribution in [0.1, 0.15) is 24.5 Å². The Bertz CT molecular complexity index is 411. The second-order valence-corrected chi connectivity index (χ2v) is 4.61. The largest absolute Gasteiger partial charge is 0.392 e. The Morgan fingerprint density at radius 3 is 2.67 bits per heavy atom. The summed E-state index contributed by atoms with van der Waals surface area (Å²) in [5, 5.41) is 4.10. The van der Waals surface area contributed by atoms with Gasteiger partial charge in [0.1, 0.15) is 6.10 Å². The van der Waals surface area contributed by atoms with Gasteiger partial charge < -0.3 is 4.84 Å². The second kappa shape index (κ2) is 3.37. The van der Waals surface area contributed by atoms with Gasteiger partial charge in [0.15, 0.2) is 0 Å². The van der Waals surface area contributed by atoms with Crippen molar-refractivity contribution in [1.82, 2.24) is 0 Å². The summed E-state index contributed by atoms with van der Waals surface area (Å²) >= 11 is 0. The lowest BCUT2D eigenvalue weighted by atomic mass is 9.79. The van der Waals surface area contributed by atoms with Crippen LogP contribution in [0.2, 0.25) is 0 Å². The van der Waals surface area contributed by atoms with Crippen molar-refractivity contribution in [3.63, 3.8) is 0 Å². The number of nitrogens with zero attached hydrogens (tertiary/aromatic N) is 1. The highest BCUT2D eigenvalue weighted by atomic mass is 16.6. The van der Waals surface area contributed by atoms with E-state index in [1.165, 1.54) is 11.1 Å². The molecule has 0 N–H and O–H groups in total. The normalized spacial score (nSPS) is 28.5. The minimum Gasteiger partial charge on any atom is -0.392 e. The van der Waals surface area contributed by atoms with Crippen molar-refractivity contribution in [3.05, 3.63) is 35.4 Å². The third-order valence-corrected chi connectivity index (χ3v) is 3.45. The van der Waals surface area contributed by atoms with Gasteiger partial charge in [0.05, 0.1) is 5.71 Å². The molecule has 1 heterocycles. The summed E-state index contributed by atoms with van der Waals surface area (Å²) in [6.45, 7) is 2.05. The molecule has 2 heteroatoms. The van der Waals surface area contributed by atoms with Crippen molar-refractivity contribution >= 4 is 5.71 Å². The van der Waals surface area contributed by atoms with Gasteiger partial charge in [-0.15, -0.1) is 0 Å². The van der Waals surface area contributed by atoms with E-state index in [-0.39, 0.29) is 0 Å². The molecule has 0 spiro atoms. The molecule has 3 rings (SSSR count). The molecule has 1 aromatic carbocycles. The molecule has 1 unspecified atom stereocenters. The van der Waals surface area contributed by atoms with Crippen molar-refractivity contribution < 1.29 is 4.84 Å². The summed E-state index contributed by atoms with van der Waals surface area (Å²) in [7, 11) is 0. The van der Waals surface area contributed by atoms with Crippen LogP contribution >= 0.6 is 0 Å². The Kier molecular flexibility index (Phi) is 2.01. The van der Waals surface area contributed by atoms with Crippen LogP contribution in [0.4, 0.5) is 0 Å². The first kappa shape index (κ1) is 8.96. The van der Waals surface area contributed by atoms with Crippen LogP contribution in [0.15, 0.2) is 29.4 Å². The van der Waals surface area contributed by atoms with Crippen molar-refractivity contribution in [2.24, 2.45) is 11.1 Å². The van der Waals surface area contributed by atoms with E-state index >= 15 is 0 Å². The van der Waals surface area contributed by atoms with Crippen LogP contribution in [0.3, 0.4) is 0 Å². The molecule has 0 radical (unpaired) electrons. The molecule has 0 aromatic heterocycles. The first-order valence-corrected chi connectivity index (χ1v) is 5.59. The zero-order valence-electron chi connectivity index (χ0n) is 8.94. The van der Waals surface area contributed by atoms with E-state index in [4.69, 9.17) is 4.84 Å². The lowest BCUT2D eigenvalue weighted by Gasteiger charge is -2.34. The lowest BCUT2D eigenvalue weighted by Crippen LogP contribution is -2.35. The van der Waals surface area contributed by atoms with Crippen LogP contribution in [-0.2, 0) is 17.7 Å². The molecule has 0 bridgehead atoms. The topological polar surface area (TPSA) is 21.6 Å². The maximum absolute atomic E-state index is 5.54. The number of hydrogen-bond donors (Lipinski definition) is 0. The van der Waals surface area contributed by atoms with Crippen molar-refractivity contribution in [1.29, 1.82) is 0 Å². The molecular weight excluding hydrogens is 186 g/mol. The van der Waals surface area contributed by atoms with Gasteiger partial charge in [-0.1, -0.05) is 29.4 Å². The minimum absolute atomic E-state index is 0.309. The van der Waals surface area contributed by atoms with Crippen LogP contribution in [0, 0.1) is 5.92 Å². The van der Waals surface area contributed by atoms with E-state index in [0.29, 0.717) is 12.0 Å². The third-order valence-electron chi connectivity index (χ3n) is 3.45. The van der Waals surface area contributed by atoms with Crippen LogP contribution in [0.5, 0.6) is 0 Å². The lowest BCUT2D eigenvalue weighted by molar-refractivity contribution is 0.000421. The molecule has 1 aliphatic heterocycles. The minimum atomic E-state index is 0.309. The molecule has 2 atom stereocenters. The smallest absolute Gasteiger partial charge is 0.135 e. The summed E-state index contributed by atoms with van der Waals surface area (Å²) in [6, 6.07) is 8.69. The zero-order valence-corrected chi connectivity index (χ0v) is 8.94. The van der Waals surface area contributed by atoms with Gasteiger partial charge in [0.2, 0.25) is 0 Å². The van der Waals surface area contributed by atoms with E-state index in [0.717, 1.165) is 25.0 Å². The number of benzene rings is 1. The van der Waals surface area contributed by atoms with E-state index < -0.39 is 0 Å². The van der Waals surface area contributed by atoms with Gasteiger partial charge in [-0.2, -0.15) is 0 Å². The van der Waals surface area contributed by atoms with Gasteiger partial charge in [0, 0.05) is 12.3 Å². The highest BCUT2D eigenvalue weighted by molar-refractivity contribution is 5.82. The SMILES string of the molecule is CC1=NO[C@H]2Cc3ccccc3CC2C1. The van der Waals surface area contributed by atoms with Gasteiger partial charge in [-0.25, -0.2) is 0 Å². The standard InChI is InChI=1S/C13H15NO/c1-9-6-12-7-10-4-2-3-5-11(10)8-13(12)15-14-9/h2-5,12-13H,6-8H2,1H3/t12?,13-/m0/s1. The third kappa shape index (κ3) is 1.54. The highest BCUT2D eigenvalue weighted by Crippen LogP contribution is 2.32. The molecule has 0 saturated carbocycles. The summed E-state index contributed by atoms with van der Waals surface area (Å²) < 4.78 is 0. The second-order valence-electron chi connectivity index (χ2n) is 4.61. The molecule has 1 aromatic rings. The van der Waals surface area contributed by atoms with Gasteiger partial charge in [-0.05, 0) is 30.9 Å². The Hall–Kier alpha value is -1.31. The van der Waals surface area contributed by atoms with Crippen molar-refractivity contribution in [3.8, 4) is 0 Å². The Balaban J connectivity index is 1.91. The molecule has 2 aliphatic rings. The van der Waals surface area contributed by atoms with E-state index in [1.807, 2.05) is 0 Å². The van der Waals surface area contributed by atoms with Crippen molar-refractivity contribution in [2.75, 3.05) is 0 Å². The first-order valence-electron chi connectivity index (χ1n) is 5.59. The summed E-state index contributed by atoms with van der Waals surface area (Å²) in [5.41, 5.74) is 4.07. The molecular formula is C13H15NO. The molecule has 0 saturated heterocycles. The Morgan fingerprint density at radius 1 is 1.13 bits per heavy atom. The van der Waals surface area contributed by atoms with E-state index in [9.17, 15) is 0 Å². The fourth-order valence-corrected chi connectivity index (χ4v) is 2.65. The van der Waals surface area contributed by atoms with Crippen LogP contribution < -0.4 is 0 Å². The number of hydrogen-bond acceptors (Lipinski definition) is 2. The maximum atomic E-state index is 5.54. The predicted molar refractivity (Wildman–Crippen MR) is 59.9 cm³/mol. The fraction of sp³-hybridized carbons (Fsp3) is 0.462. The Labute approximate surface area is 89.9 Å². The average Bonchev–Trinajstić information content (AvgIpc) is 2.26. The molecule has 0 amide bonds. The van der Waals surface area contributed by atoms with Gasteiger partial charge >= 0.3 is 0 Å². The summed E-state index contributed by atoms with van der Waals surface area (Å²) in [5.74, 6) is 0.636. The molecule has 2 nitrogen and oxygen atoms in total. The quantitative estimate of drug-likeness (QED) is 0.632. The first-order chi connectivity index (χ1) is 7.33. The summed E-state index contributed by atoms with van der Waals surface area (Å²) in [4.78, 5) is 5.54. The predicted octanol–water partition coefficient (Wildman–Crippen LogP) is 2.57. The van der Waals surface area contributed by atoms with E-state index in [1.54, 1.807) is 0 Å². The fourth-order valence-electron chi connectivity index (χ4n) is 2.65. The van der Waals surface area contributed by atoms with Crippen LogP contribution in [-0.4, -0.2) is 11.8 Å². The molecule has 15 heavy (non-hydrogen) atoms. The zero-order chi connectivity index (χ0) is 10.3. The molecule has 0 fully saturated rings. The molecule has 78 valence electrons. The van der Waals surface area contributed by atoms with Gasteiger partial charge in [-0.3, -0.25) is 0 Å². The average molecular weight is 201 g/mol. The monoisotopic (exact) mass is 201 g/mol.